The number of ether oxygens (including phenoxy) is 1. The molecule has 1 aliphatic rings. The Morgan fingerprint density at radius 3 is 2.63 bits per heavy atom. The molecule has 0 saturated carbocycles. The number of carbonyl (C=O) groups is 1. The van der Waals surface area contributed by atoms with Crippen molar-refractivity contribution in [3.05, 3.63) is 52.5 Å². The Hall–Kier alpha value is -2.25. The van der Waals surface area contributed by atoms with E-state index in [4.69, 9.17) is 16.3 Å². The zero-order chi connectivity index (χ0) is 19.8. The first-order valence-electron chi connectivity index (χ1n) is 8.47. The predicted molar refractivity (Wildman–Crippen MR) is 107 cm³/mol. The number of rotatable bonds is 3. The molecule has 0 radical (unpaired) electrons. The van der Waals surface area contributed by atoms with Crippen LogP contribution in [0, 0.1) is 13.8 Å². The summed E-state index contributed by atoms with van der Waals surface area (Å²) in [5.41, 5.74) is 2.83. The topological polar surface area (TPSA) is 75.7 Å². The molecule has 2 aromatic rings. The second-order valence-corrected chi connectivity index (χ2v) is 8.99. The van der Waals surface area contributed by atoms with Crippen molar-refractivity contribution in [2.24, 2.45) is 0 Å². The fraction of sp³-hybridized carbons (Fsp3) is 0.316. The lowest BCUT2D eigenvalue weighted by atomic mass is 10.2. The summed E-state index contributed by atoms with van der Waals surface area (Å²) < 4.78 is 31.6. The molecule has 1 amide bonds. The number of nitrogens with zero attached hydrogens (tertiary/aromatic N) is 1. The predicted octanol–water partition coefficient (Wildman–Crippen LogP) is 3.51. The van der Waals surface area contributed by atoms with Crippen LogP contribution in [0.15, 0.2) is 36.4 Å². The average molecular weight is 409 g/mol. The average Bonchev–Trinajstić information content (AvgIpc) is 2.76. The standard InChI is InChI=1S/C19H21ClN2O4S/c1-12-4-7-17-16(10-12)22(27(3,24)25)9-8-18(26-17)19(23)21-15-6-5-14(20)11-13(15)2/h4-7,10-11,18H,8-9H2,1-3H3,(H,21,23)/t18-/m0/s1. The van der Waals surface area contributed by atoms with Crippen LogP contribution in [0.2, 0.25) is 5.02 Å². The molecule has 6 nitrogen and oxygen atoms in total. The summed E-state index contributed by atoms with van der Waals surface area (Å²) >= 11 is 5.95. The first kappa shape index (κ1) is 19.5. The van der Waals surface area contributed by atoms with Gasteiger partial charge < -0.3 is 10.1 Å². The number of hydrogen-bond donors (Lipinski definition) is 1. The Morgan fingerprint density at radius 1 is 1.22 bits per heavy atom. The van der Waals surface area contributed by atoms with Gasteiger partial charge in [-0.25, -0.2) is 8.42 Å². The van der Waals surface area contributed by atoms with Gasteiger partial charge in [0, 0.05) is 23.7 Å². The van der Waals surface area contributed by atoms with Gasteiger partial charge in [0.1, 0.15) is 5.75 Å². The van der Waals surface area contributed by atoms with Crippen molar-refractivity contribution < 1.29 is 17.9 Å². The van der Waals surface area contributed by atoms with E-state index in [0.29, 0.717) is 22.1 Å². The Balaban J connectivity index is 1.88. The fourth-order valence-corrected chi connectivity index (χ4v) is 4.16. The fourth-order valence-electron chi connectivity index (χ4n) is 3.00. The highest BCUT2D eigenvalue weighted by Gasteiger charge is 2.31. The molecular weight excluding hydrogens is 388 g/mol. The molecule has 0 fully saturated rings. The highest BCUT2D eigenvalue weighted by molar-refractivity contribution is 7.92. The molecule has 8 heteroatoms. The molecule has 0 aliphatic carbocycles. The van der Waals surface area contributed by atoms with Gasteiger partial charge in [-0.3, -0.25) is 9.10 Å². The van der Waals surface area contributed by atoms with E-state index in [2.05, 4.69) is 5.32 Å². The SMILES string of the molecule is Cc1ccc2c(c1)N(S(C)(=O)=O)CC[C@@H](C(=O)Nc1ccc(Cl)cc1C)O2. The number of amides is 1. The van der Waals surface area contributed by atoms with E-state index >= 15 is 0 Å². The first-order chi connectivity index (χ1) is 12.6. The van der Waals surface area contributed by atoms with E-state index < -0.39 is 16.1 Å². The smallest absolute Gasteiger partial charge is 0.265 e. The van der Waals surface area contributed by atoms with Crippen molar-refractivity contribution in [3.63, 3.8) is 0 Å². The number of benzene rings is 2. The number of aryl methyl sites for hydroxylation is 2. The van der Waals surface area contributed by atoms with Gasteiger partial charge in [0.2, 0.25) is 10.0 Å². The van der Waals surface area contributed by atoms with E-state index in [-0.39, 0.29) is 18.9 Å². The van der Waals surface area contributed by atoms with Gasteiger partial charge in [0.05, 0.1) is 11.9 Å². The van der Waals surface area contributed by atoms with Crippen LogP contribution in [0.25, 0.3) is 0 Å². The lowest BCUT2D eigenvalue weighted by Crippen LogP contribution is -2.36. The largest absolute Gasteiger partial charge is 0.478 e. The summed E-state index contributed by atoms with van der Waals surface area (Å²) in [6.07, 6.45) is 0.573. The number of fused-ring (bicyclic) bond motifs is 1. The molecule has 0 unspecified atom stereocenters. The van der Waals surface area contributed by atoms with Crippen molar-refractivity contribution in [3.8, 4) is 5.75 Å². The third-order valence-electron chi connectivity index (χ3n) is 4.39. The van der Waals surface area contributed by atoms with Gasteiger partial charge in [0.15, 0.2) is 6.10 Å². The molecule has 0 aromatic heterocycles. The summed E-state index contributed by atoms with van der Waals surface area (Å²) in [5.74, 6) is 0.0406. The Bertz CT molecular complexity index is 991. The second kappa shape index (κ2) is 7.40. The molecule has 1 heterocycles. The van der Waals surface area contributed by atoms with Crippen LogP contribution in [-0.4, -0.2) is 33.2 Å². The van der Waals surface area contributed by atoms with Gasteiger partial charge >= 0.3 is 0 Å². The van der Waals surface area contributed by atoms with Crippen LogP contribution >= 0.6 is 11.6 Å². The maximum atomic E-state index is 12.8. The summed E-state index contributed by atoms with van der Waals surface area (Å²) in [7, 11) is -3.49. The quantitative estimate of drug-likeness (QED) is 0.843. The Morgan fingerprint density at radius 2 is 1.96 bits per heavy atom. The minimum Gasteiger partial charge on any atom is -0.478 e. The molecule has 0 spiro atoms. The van der Waals surface area contributed by atoms with E-state index in [1.165, 1.54) is 4.31 Å². The zero-order valence-electron chi connectivity index (χ0n) is 15.3. The summed E-state index contributed by atoms with van der Waals surface area (Å²) in [6.45, 7) is 3.88. The minimum atomic E-state index is -3.49. The monoisotopic (exact) mass is 408 g/mol. The minimum absolute atomic E-state index is 0.160. The van der Waals surface area contributed by atoms with Crippen LogP contribution in [0.1, 0.15) is 17.5 Å². The number of hydrogen-bond acceptors (Lipinski definition) is 4. The molecular formula is C19H21ClN2O4S. The molecule has 1 aliphatic heterocycles. The number of sulfonamides is 1. The first-order valence-corrected chi connectivity index (χ1v) is 10.7. The highest BCUT2D eigenvalue weighted by Crippen LogP contribution is 2.35. The van der Waals surface area contributed by atoms with E-state index in [0.717, 1.165) is 17.4 Å². The lowest BCUT2D eigenvalue weighted by Gasteiger charge is -2.21. The maximum Gasteiger partial charge on any atom is 0.265 e. The Labute approximate surface area is 164 Å². The van der Waals surface area contributed by atoms with Crippen LogP contribution in [-0.2, 0) is 14.8 Å². The number of nitrogens with one attached hydrogen (secondary N) is 1. The summed E-state index contributed by atoms with van der Waals surface area (Å²) in [6, 6.07) is 10.5. The van der Waals surface area contributed by atoms with Crippen molar-refractivity contribution in [2.45, 2.75) is 26.4 Å². The number of carbonyl (C=O) groups excluding carboxylic acids is 1. The molecule has 1 atom stereocenters. The summed E-state index contributed by atoms with van der Waals surface area (Å²) in [5, 5.41) is 3.43. The van der Waals surface area contributed by atoms with Crippen molar-refractivity contribution in [1.29, 1.82) is 0 Å². The second-order valence-electron chi connectivity index (χ2n) is 6.65. The molecule has 0 bridgehead atoms. The maximum absolute atomic E-state index is 12.8. The van der Waals surface area contributed by atoms with Gasteiger partial charge in [-0.1, -0.05) is 17.7 Å². The molecule has 0 saturated heterocycles. The van der Waals surface area contributed by atoms with Crippen molar-refractivity contribution in [1.82, 2.24) is 0 Å². The van der Waals surface area contributed by atoms with Crippen LogP contribution in [0.4, 0.5) is 11.4 Å². The van der Waals surface area contributed by atoms with Crippen LogP contribution in [0.5, 0.6) is 5.75 Å². The normalized spacial score (nSPS) is 16.9. The third kappa shape index (κ3) is 4.36. The van der Waals surface area contributed by atoms with Crippen LogP contribution < -0.4 is 14.4 Å². The van der Waals surface area contributed by atoms with Gasteiger partial charge in [0.25, 0.3) is 5.91 Å². The number of halogens is 1. The van der Waals surface area contributed by atoms with Crippen molar-refractivity contribution in [2.75, 3.05) is 22.4 Å². The molecule has 2 aromatic carbocycles. The van der Waals surface area contributed by atoms with E-state index in [1.54, 1.807) is 30.3 Å². The highest BCUT2D eigenvalue weighted by atomic mass is 35.5. The van der Waals surface area contributed by atoms with E-state index in [9.17, 15) is 13.2 Å². The zero-order valence-corrected chi connectivity index (χ0v) is 16.9. The molecule has 1 N–H and O–H groups in total. The molecule has 3 rings (SSSR count). The van der Waals surface area contributed by atoms with Gasteiger partial charge in [-0.05, 0) is 55.3 Å². The third-order valence-corrected chi connectivity index (χ3v) is 5.80. The number of anilines is 2. The van der Waals surface area contributed by atoms with Crippen molar-refractivity contribution >= 4 is 38.9 Å². The Kier molecular flexibility index (Phi) is 5.35. The van der Waals surface area contributed by atoms with E-state index in [1.807, 2.05) is 19.9 Å². The van der Waals surface area contributed by atoms with Gasteiger partial charge in [-0.2, -0.15) is 0 Å². The molecule has 144 valence electrons. The summed E-state index contributed by atoms with van der Waals surface area (Å²) in [4.78, 5) is 12.8. The lowest BCUT2D eigenvalue weighted by molar-refractivity contribution is -0.122. The van der Waals surface area contributed by atoms with Gasteiger partial charge in [-0.15, -0.1) is 0 Å². The molecule has 27 heavy (non-hydrogen) atoms. The van der Waals surface area contributed by atoms with Crippen LogP contribution in [0.3, 0.4) is 0 Å².